The van der Waals surface area contributed by atoms with Gasteiger partial charge in [-0.2, -0.15) is 0 Å². The van der Waals surface area contributed by atoms with Crippen molar-refractivity contribution in [1.29, 1.82) is 0 Å². The number of nitrogens with zero attached hydrogens (tertiary/aromatic N) is 1. The normalized spacial score (nSPS) is 35.5. The minimum atomic E-state index is 0.570. The summed E-state index contributed by atoms with van der Waals surface area (Å²) >= 11 is 0. The van der Waals surface area contributed by atoms with Crippen LogP contribution in [0.25, 0.3) is 0 Å². The number of hydrogen-bond acceptors (Lipinski definition) is 3. The Morgan fingerprint density at radius 1 is 1.00 bits per heavy atom. The summed E-state index contributed by atoms with van der Waals surface area (Å²) in [5.41, 5.74) is 0. The second kappa shape index (κ2) is 7.24. The molecule has 1 aliphatic carbocycles. The highest BCUT2D eigenvalue weighted by Gasteiger charge is 2.39. The van der Waals surface area contributed by atoms with E-state index in [1.807, 2.05) is 0 Å². The first-order chi connectivity index (χ1) is 9.86. The smallest absolute Gasteiger partial charge is 0.0597 e. The van der Waals surface area contributed by atoms with Gasteiger partial charge in [0.05, 0.1) is 12.7 Å². The molecular weight excluding hydrogens is 248 g/mol. The molecule has 0 spiro atoms. The third-order valence-electron chi connectivity index (χ3n) is 5.63. The Hall–Kier alpha value is -0.120. The molecule has 0 aromatic carbocycles. The van der Waals surface area contributed by atoms with Crippen molar-refractivity contribution in [1.82, 2.24) is 10.2 Å². The van der Waals surface area contributed by atoms with Crippen molar-refractivity contribution in [3.05, 3.63) is 0 Å². The Morgan fingerprint density at radius 3 is 2.35 bits per heavy atom. The first kappa shape index (κ1) is 14.8. The van der Waals surface area contributed by atoms with Crippen LogP contribution >= 0.6 is 0 Å². The maximum absolute atomic E-state index is 6.13. The monoisotopic (exact) mass is 280 g/mol. The van der Waals surface area contributed by atoms with Gasteiger partial charge in [0.15, 0.2) is 0 Å². The van der Waals surface area contributed by atoms with E-state index in [4.69, 9.17) is 4.74 Å². The summed E-state index contributed by atoms with van der Waals surface area (Å²) in [5, 5.41) is 3.66. The van der Waals surface area contributed by atoms with Gasteiger partial charge in [0.25, 0.3) is 0 Å². The van der Waals surface area contributed by atoms with Crippen molar-refractivity contribution in [3.8, 4) is 0 Å². The van der Waals surface area contributed by atoms with Crippen LogP contribution in [-0.4, -0.2) is 48.8 Å². The van der Waals surface area contributed by atoms with Gasteiger partial charge in [0, 0.05) is 24.7 Å². The van der Waals surface area contributed by atoms with Gasteiger partial charge in [0.1, 0.15) is 0 Å². The first-order valence-corrected chi connectivity index (χ1v) is 8.97. The van der Waals surface area contributed by atoms with Crippen LogP contribution in [0.1, 0.15) is 64.7 Å². The summed E-state index contributed by atoms with van der Waals surface area (Å²) in [4.78, 5) is 2.76. The van der Waals surface area contributed by atoms with Crippen molar-refractivity contribution in [3.63, 3.8) is 0 Å². The average molecular weight is 280 g/mol. The van der Waals surface area contributed by atoms with Crippen LogP contribution in [0.4, 0.5) is 0 Å². The average Bonchev–Trinajstić information content (AvgIpc) is 2.71. The van der Waals surface area contributed by atoms with Crippen LogP contribution in [-0.2, 0) is 4.74 Å². The Kier molecular flexibility index (Phi) is 5.36. The number of fused-ring (bicyclic) bond motifs is 2. The lowest BCUT2D eigenvalue weighted by atomic mass is 9.97. The topological polar surface area (TPSA) is 24.5 Å². The Balaban J connectivity index is 1.40. The molecule has 20 heavy (non-hydrogen) atoms. The van der Waals surface area contributed by atoms with Crippen LogP contribution < -0.4 is 5.32 Å². The third kappa shape index (κ3) is 3.55. The first-order valence-electron chi connectivity index (χ1n) is 8.97. The van der Waals surface area contributed by atoms with E-state index in [9.17, 15) is 0 Å². The molecule has 0 aromatic heterocycles. The lowest BCUT2D eigenvalue weighted by molar-refractivity contribution is 0.00133. The van der Waals surface area contributed by atoms with Crippen molar-refractivity contribution in [2.45, 2.75) is 88.9 Å². The second-order valence-electron chi connectivity index (χ2n) is 6.98. The highest BCUT2D eigenvalue weighted by molar-refractivity contribution is 4.97. The van der Waals surface area contributed by atoms with E-state index in [1.165, 1.54) is 64.3 Å². The summed E-state index contributed by atoms with van der Waals surface area (Å²) in [6.07, 6.45) is 12.9. The lowest BCUT2D eigenvalue weighted by Gasteiger charge is -2.39. The van der Waals surface area contributed by atoms with Crippen LogP contribution in [0.2, 0.25) is 0 Å². The van der Waals surface area contributed by atoms with Gasteiger partial charge in [-0.15, -0.1) is 0 Å². The zero-order valence-corrected chi connectivity index (χ0v) is 13.2. The molecule has 2 bridgehead atoms. The zero-order valence-electron chi connectivity index (χ0n) is 13.2. The molecule has 2 saturated heterocycles. The van der Waals surface area contributed by atoms with Crippen LogP contribution in [0.3, 0.4) is 0 Å². The van der Waals surface area contributed by atoms with E-state index in [1.54, 1.807) is 0 Å². The largest absolute Gasteiger partial charge is 0.377 e. The molecule has 1 N–H and O–H groups in total. The van der Waals surface area contributed by atoms with Gasteiger partial charge >= 0.3 is 0 Å². The van der Waals surface area contributed by atoms with Gasteiger partial charge in [-0.25, -0.2) is 0 Å². The fourth-order valence-corrected chi connectivity index (χ4v) is 4.65. The fourth-order valence-electron chi connectivity index (χ4n) is 4.65. The predicted octanol–water partition coefficient (Wildman–Crippen LogP) is 2.94. The van der Waals surface area contributed by atoms with Crippen LogP contribution in [0.5, 0.6) is 0 Å². The van der Waals surface area contributed by atoms with Crippen molar-refractivity contribution in [2.75, 3.05) is 19.7 Å². The van der Waals surface area contributed by atoms with Crippen molar-refractivity contribution < 1.29 is 4.74 Å². The molecule has 3 heteroatoms. The highest BCUT2D eigenvalue weighted by Crippen LogP contribution is 2.35. The Morgan fingerprint density at radius 2 is 1.70 bits per heavy atom. The maximum Gasteiger partial charge on any atom is 0.0597 e. The minimum Gasteiger partial charge on any atom is -0.377 e. The number of hydrogen-bond donors (Lipinski definition) is 1. The SMILES string of the molecule is CCNC1CC2CCC(C1)N2CCOC1CCCCC1. The molecule has 0 radical (unpaired) electrons. The Labute approximate surface area is 124 Å². The molecule has 1 saturated carbocycles. The van der Waals surface area contributed by atoms with Crippen molar-refractivity contribution >= 4 is 0 Å². The van der Waals surface area contributed by atoms with Gasteiger partial charge in [0.2, 0.25) is 0 Å². The lowest BCUT2D eigenvalue weighted by Crippen LogP contribution is -2.50. The third-order valence-corrected chi connectivity index (χ3v) is 5.63. The molecule has 2 atom stereocenters. The van der Waals surface area contributed by atoms with E-state index < -0.39 is 0 Å². The molecule has 2 heterocycles. The molecule has 3 fully saturated rings. The summed E-state index contributed by atoms with van der Waals surface area (Å²) < 4.78 is 6.13. The number of rotatable bonds is 6. The Bertz CT molecular complexity index is 277. The fraction of sp³-hybridized carbons (Fsp3) is 1.00. The summed E-state index contributed by atoms with van der Waals surface area (Å²) in [5.74, 6) is 0. The van der Waals surface area contributed by atoms with E-state index in [0.717, 1.165) is 31.3 Å². The maximum atomic E-state index is 6.13. The molecule has 3 nitrogen and oxygen atoms in total. The van der Waals surface area contributed by atoms with Crippen LogP contribution in [0.15, 0.2) is 0 Å². The molecule has 2 unspecified atom stereocenters. The van der Waals surface area contributed by atoms with Gasteiger partial charge in [-0.05, 0) is 45.1 Å². The standard InChI is InChI=1S/C17H32N2O/c1-2-18-14-12-15-8-9-16(13-14)19(15)10-11-20-17-6-4-3-5-7-17/h14-18H,2-13H2,1H3. The molecular formula is C17H32N2O. The van der Waals surface area contributed by atoms with E-state index in [2.05, 4.69) is 17.1 Å². The zero-order chi connectivity index (χ0) is 13.8. The van der Waals surface area contributed by atoms with Crippen molar-refractivity contribution in [2.24, 2.45) is 0 Å². The summed E-state index contributed by atoms with van der Waals surface area (Å²) in [6.45, 7) is 5.48. The molecule has 3 aliphatic rings. The van der Waals surface area contributed by atoms with Gasteiger partial charge in [-0.3, -0.25) is 4.90 Å². The molecule has 0 amide bonds. The summed E-state index contributed by atoms with van der Waals surface area (Å²) in [7, 11) is 0. The molecule has 116 valence electrons. The second-order valence-corrected chi connectivity index (χ2v) is 6.98. The van der Waals surface area contributed by atoms with E-state index in [-0.39, 0.29) is 0 Å². The van der Waals surface area contributed by atoms with Crippen LogP contribution in [0, 0.1) is 0 Å². The quantitative estimate of drug-likeness (QED) is 0.809. The van der Waals surface area contributed by atoms with E-state index in [0.29, 0.717) is 6.10 Å². The molecule has 0 aromatic rings. The minimum absolute atomic E-state index is 0.570. The van der Waals surface area contributed by atoms with E-state index >= 15 is 0 Å². The number of piperidine rings is 1. The molecule has 2 aliphatic heterocycles. The summed E-state index contributed by atoms with van der Waals surface area (Å²) in [6, 6.07) is 2.42. The number of ether oxygens (including phenoxy) is 1. The highest BCUT2D eigenvalue weighted by atomic mass is 16.5. The van der Waals surface area contributed by atoms with Gasteiger partial charge in [-0.1, -0.05) is 26.2 Å². The predicted molar refractivity (Wildman–Crippen MR) is 83.0 cm³/mol. The number of nitrogens with one attached hydrogen (secondary N) is 1. The van der Waals surface area contributed by atoms with Gasteiger partial charge < -0.3 is 10.1 Å². The molecule has 3 rings (SSSR count).